The lowest BCUT2D eigenvalue weighted by molar-refractivity contribution is -0.117. The number of furan rings is 1. The summed E-state index contributed by atoms with van der Waals surface area (Å²) in [7, 11) is 0. The van der Waals surface area contributed by atoms with Gasteiger partial charge < -0.3 is 9.73 Å². The van der Waals surface area contributed by atoms with Gasteiger partial charge in [0.1, 0.15) is 29.0 Å². The van der Waals surface area contributed by atoms with Crippen molar-refractivity contribution in [2.75, 3.05) is 0 Å². The molecule has 1 N–H and O–H groups in total. The van der Waals surface area contributed by atoms with Crippen LogP contribution in [0.2, 0.25) is 0 Å². The van der Waals surface area contributed by atoms with Crippen LogP contribution in [0, 0.1) is 17.1 Å². The summed E-state index contributed by atoms with van der Waals surface area (Å²) in [5, 5.41) is 11.9. The van der Waals surface area contributed by atoms with Gasteiger partial charge in [-0.1, -0.05) is 30.3 Å². The molecule has 5 heteroatoms. The third kappa shape index (κ3) is 4.25. The lowest BCUT2D eigenvalue weighted by atomic mass is 10.2. The standard InChI is InChI=1S/C21H15FN2O2/c22-18-8-6-16(7-9-18)20-11-10-19(26-20)12-17(13-23)21(25)24-14-15-4-2-1-3-5-15/h1-12H,14H2,(H,24,25)/b17-12+. The molecule has 0 saturated heterocycles. The fourth-order valence-corrected chi connectivity index (χ4v) is 2.36. The van der Waals surface area contributed by atoms with Crippen molar-refractivity contribution < 1.29 is 13.6 Å². The molecule has 0 spiro atoms. The number of carbonyl (C=O) groups excluding carboxylic acids is 1. The van der Waals surface area contributed by atoms with Gasteiger partial charge in [0.05, 0.1) is 0 Å². The fourth-order valence-electron chi connectivity index (χ4n) is 2.36. The minimum absolute atomic E-state index is 0.0547. The predicted molar refractivity (Wildman–Crippen MR) is 96.0 cm³/mol. The maximum Gasteiger partial charge on any atom is 0.262 e. The van der Waals surface area contributed by atoms with E-state index in [-0.39, 0.29) is 11.4 Å². The van der Waals surface area contributed by atoms with Crippen LogP contribution in [0.4, 0.5) is 4.39 Å². The first-order chi connectivity index (χ1) is 12.7. The zero-order chi connectivity index (χ0) is 18.4. The Morgan fingerprint density at radius 1 is 1.08 bits per heavy atom. The third-order valence-electron chi connectivity index (χ3n) is 3.70. The summed E-state index contributed by atoms with van der Waals surface area (Å²) in [6.45, 7) is 0.331. The minimum Gasteiger partial charge on any atom is -0.457 e. The van der Waals surface area contributed by atoms with Crippen LogP contribution >= 0.6 is 0 Å². The van der Waals surface area contributed by atoms with Crippen LogP contribution in [0.3, 0.4) is 0 Å². The smallest absolute Gasteiger partial charge is 0.262 e. The van der Waals surface area contributed by atoms with Gasteiger partial charge >= 0.3 is 0 Å². The quantitative estimate of drug-likeness (QED) is 0.553. The van der Waals surface area contributed by atoms with Gasteiger partial charge in [-0.05, 0) is 42.0 Å². The minimum atomic E-state index is -0.476. The topological polar surface area (TPSA) is 66.0 Å². The van der Waals surface area contributed by atoms with Crippen LogP contribution < -0.4 is 5.32 Å². The van der Waals surface area contributed by atoms with Crippen molar-refractivity contribution in [3.8, 4) is 17.4 Å². The molecule has 4 nitrogen and oxygen atoms in total. The Labute approximate surface area is 150 Å². The highest BCUT2D eigenvalue weighted by molar-refractivity contribution is 6.01. The van der Waals surface area contributed by atoms with Crippen molar-refractivity contribution in [3.63, 3.8) is 0 Å². The summed E-state index contributed by atoms with van der Waals surface area (Å²) in [5.41, 5.74) is 1.59. The molecule has 0 aliphatic carbocycles. The van der Waals surface area contributed by atoms with Gasteiger partial charge in [-0.15, -0.1) is 0 Å². The number of hydrogen-bond acceptors (Lipinski definition) is 3. The van der Waals surface area contributed by atoms with Crippen molar-refractivity contribution in [2.45, 2.75) is 6.54 Å². The maximum atomic E-state index is 13.0. The molecule has 0 unspecified atom stereocenters. The number of hydrogen-bond donors (Lipinski definition) is 1. The van der Waals surface area contributed by atoms with Gasteiger partial charge in [0.15, 0.2) is 0 Å². The molecule has 0 radical (unpaired) electrons. The molecule has 26 heavy (non-hydrogen) atoms. The van der Waals surface area contributed by atoms with Crippen LogP contribution in [0.5, 0.6) is 0 Å². The Morgan fingerprint density at radius 3 is 2.50 bits per heavy atom. The molecule has 0 saturated carbocycles. The molecule has 1 amide bonds. The zero-order valence-electron chi connectivity index (χ0n) is 13.8. The molecule has 3 rings (SSSR count). The van der Waals surface area contributed by atoms with Crippen molar-refractivity contribution in [2.24, 2.45) is 0 Å². The summed E-state index contributed by atoms with van der Waals surface area (Å²) in [4.78, 5) is 12.2. The second-order valence-electron chi connectivity index (χ2n) is 5.55. The molecule has 3 aromatic rings. The fraction of sp³-hybridized carbons (Fsp3) is 0.0476. The molecule has 1 heterocycles. The number of nitriles is 1. The van der Waals surface area contributed by atoms with E-state index in [2.05, 4.69) is 5.32 Å². The SMILES string of the molecule is N#C/C(=C\c1ccc(-c2ccc(F)cc2)o1)C(=O)NCc1ccccc1. The Morgan fingerprint density at radius 2 is 1.81 bits per heavy atom. The van der Waals surface area contributed by atoms with E-state index >= 15 is 0 Å². The monoisotopic (exact) mass is 346 g/mol. The molecule has 128 valence electrons. The highest BCUT2D eigenvalue weighted by Crippen LogP contribution is 2.23. The van der Waals surface area contributed by atoms with E-state index in [4.69, 9.17) is 4.42 Å². The molecule has 0 aliphatic heterocycles. The first-order valence-corrected chi connectivity index (χ1v) is 7.95. The van der Waals surface area contributed by atoms with E-state index < -0.39 is 5.91 Å². The summed E-state index contributed by atoms with van der Waals surface area (Å²) < 4.78 is 18.6. The highest BCUT2D eigenvalue weighted by Gasteiger charge is 2.11. The first-order valence-electron chi connectivity index (χ1n) is 7.95. The molecular formula is C21H15FN2O2. The second-order valence-corrected chi connectivity index (χ2v) is 5.55. The van der Waals surface area contributed by atoms with Crippen LogP contribution in [0.1, 0.15) is 11.3 Å². The van der Waals surface area contributed by atoms with Gasteiger partial charge in [-0.3, -0.25) is 4.79 Å². The Kier molecular flexibility index (Phi) is 5.25. The average molecular weight is 346 g/mol. The second kappa shape index (κ2) is 7.95. The van der Waals surface area contributed by atoms with Gasteiger partial charge in [-0.2, -0.15) is 5.26 Å². The van der Waals surface area contributed by atoms with Crippen molar-refractivity contribution in [3.05, 3.63) is 89.4 Å². The summed E-state index contributed by atoms with van der Waals surface area (Å²) in [5.74, 6) is 0.0901. The normalized spacial score (nSPS) is 11.0. The number of rotatable bonds is 5. The molecule has 0 aliphatic rings. The number of benzene rings is 2. The first kappa shape index (κ1) is 17.2. The van der Waals surface area contributed by atoms with Crippen molar-refractivity contribution >= 4 is 12.0 Å². The van der Waals surface area contributed by atoms with E-state index in [1.165, 1.54) is 18.2 Å². The van der Waals surface area contributed by atoms with Gasteiger partial charge in [0.2, 0.25) is 0 Å². The van der Waals surface area contributed by atoms with E-state index in [9.17, 15) is 14.4 Å². The third-order valence-corrected chi connectivity index (χ3v) is 3.70. The Bertz CT molecular complexity index is 967. The van der Waals surface area contributed by atoms with Gasteiger partial charge in [-0.25, -0.2) is 4.39 Å². The molecule has 0 fully saturated rings. The molecule has 0 bridgehead atoms. The van der Waals surface area contributed by atoms with E-state index in [0.717, 1.165) is 5.56 Å². The zero-order valence-corrected chi connectivity index (χ0v) is 13.8. The van der Waals surface area contributed by atoms with Crippen LogP contribution in [-0.2, 0) is 11.3 Å². The van der Waals surface area contributed by atoms with E-state index in [1.54, 1.807) is 24.3 Å². The van der Waals surface area contributed by atoms with Crippen molar-refractivity contribution in [1.29, 1.82) is 5.26 Å². The number of nitrogens with one attached hydrogen (secondary N) is 1. The summed E-state index contributed by atoms with van der Waals surface area (Å²) >= 11 is 0. The highest BCUT2D eigenvalue weighted by atomic mass is 19.1. The Balaban J connectivity index is 1.71. The summed E-state index contributed by atoms with van der Waals surface area (Å²) in [6.07, 6.45) is 1.38. The van der Waals surface area contributed by atoms with Gasteiger partial charge in [0, 0.05) is 18.2 Å². The van der Waals surface area contributed by atoms with Crippen molar-refractivity contribution in [1.82, 2.24) is 5.32 Å². The van der Waals surface area contributed by atoms with Gasteiger partial charge in [0.25, 0.3) is 5.91 Å². The number of nitrogens with zero attached hydrogens (tertiary/aromatic N) is 1. The number of carbonyl (C=O) groups is 1. The van der Waals surface area contributed by atoms with Crippen LogP contribution in [0.15, 0.2) is 76.7 Å². The molecule has 1 aromatic heterocycles. The van der Waals surface area contributed by atoms with Crippen LogP contribution in [-0.4, -0.2) is 5.91 Å². The lowest BCUT2D eigenvalue weighted by Gasteiger charge is -2.03. The Hall–Kier alpha value is -3.65. The largest absolute Gasteiger partial charge is 0.457 e. The van der Waals surface area contributed by atoms with Crippen LogP contribution in [0.25, 0.3) is 17.4 Å². The lowest BCUT2D eigenvalue weighted by Crippen LogP contribution is -2.23. The molecular weight excluding hydrogens is 331 g/mol. The van der Waals surface area contributed by atoms with E-state index in [0.29, 0.717) is 23.6 Å². The summed E-state index contributed by atoms with van der Waals surface area (Å²) in [6, 6.07) is 20.5. The number of halogens is 1. The number of amides is 1. The maximum absolute atomic E-state index is 13.0. The van der Waals surface area contributed by atoms with E-state index in [1.807, 2.05) is 36.4 Å². The molecule has 2 aromatic carbocycles. The predicted octanol–water partition coefficient (Wildman–Crippen LogP) is 4.31. The molecule has 0 atom stereocenters. The average Bonchev–Trinajstić information content (AvgIpc) is 3.14.